The molecule has 1 heterocycles. The highest BCUT2D eigenvalue weighted by Crippen LogP contribution is 2.23. The number of rotatable bonds is 1. The highest BCUT2D eigenvalue weighted by Gasteiger charge is 2.18. The first-order valence-corrected chi connectivity index (χ1v) is 4.98. The molecule has 0 bridgehead atoms. The fourth-order valence-corrected chi connectivity index (χ4v) is 1.61. The summed E-state index contributed by atoms with van der Waals surface area (Å²) in [5.74, 6) is 0.785. The lowest BCUT2D eigenvalue weighted by Gasteiger charge is -2.09. The van der Waals surface area contributed by atoms with Crippen LogP contribution in [0.1, 0.15) is 18.6 Å². The Morgan fingerprint density at radius 2 is 2.08 bits per heavy atom. The minimum atomic E-state index is 0.119. The monoisotopic (exact) mass is 239 g/mol. The molecule has 0 aromatic heterocycles. The first-order chi connectivity index (χ1) is 6.25. The summed E-state index contributed by atoms with van der Waals surface area (Å²) in [4.78, 5) is 4.20. The van der Waals surface area contributed by atoms with Crippen LogP contribution in [-0.2, 0) is 4.74 Å². The van der Waals surface area contributed by atoms with E-state index in [4.69, 9.17) is 4.74 Å². The van der Waals surface area contributed by atoms with Gasteiger partial charge in [-0.05, 0) is 17.7 Å². The maximum Gasteiger partial charge on any atom is 0.181 e. The standard InChI is InChI=1S/C10H10BrNO/c1-7-12-6-10(13-7)8-2-4-9(11)5-3-8/h2-5,10H,6H2,1H3. The summed E-state index contributed by atoms with van der Waals surface area (Å²) in [6.07, 6.45) is 0.119. The Morgan fingerprint density at radius 3 is 2.62 bits per heavy atom. The quantitative estimate of drug-likeness (QED) is 0.739. The SMILES string of the molecule is CC1=NCC(c2ccc(Br)cc2)O1. The van der Waals surface area contributed by atoms with Crippen LogP contribution in [0, 0.1) is 0 Å². The first-order valence-electron chi connectivity index (χ1n) is 4.19. The van der Waals surface area contributed by atoms with Crippen LogP contribution in [0.2, 0.25) is 0 Å². The number of halogens is 1. The summed E-state index contributed by atoms with van der Waals surface area (Å²) in [6.45, 7) is 2.63. The van der Waals surface area contributed by atoms with E-state index in [9.17, 15) is 0 Å². The van der Waals surface area contributed by atoms with Gasteiger partial charge in [-0.15, -0.1) is 0 Å². The van der Waals surface area contributed by atoms with Crippen molar-refractivity contribution < 1.29 is 4.74 Å². The summed E-state index contributed by atoms with van der Waals surface area (Å²) in [5, 5.41) is 0. The molecule has 0 saturated heterocycles. The highest BCUT2D eigenvalue weighted by molar-refractivity contribution is 9.10. The summed E-state index contributed by atoms with van der Waals surface area (Å²) < 4.78 is 6.61. The third-order valence-corrected chi connectivity index (χ3v) is 2.56. The molecule has 3 heteroatoms. The summed E-state index contributed by atoms with van der Waals surface area (Å²) in [6, 6.07) is 8.16. The van der Waals surface area contributed by atoms with Gasteiger partial charge in [-0.2, -0.15) is 0 Å². The molecular weight excluding hydrogens is 230 g/mol. The van der Waals surface area contributed by atoms with E-state index in [-0.39, 0.29) is 6.10 Å². The molecule has 0 fully saturated rings. The Labute approximate surface area is 85.8 Å². The van der Waals surface area contributed by atoms with Gasteiger partial charge >= 0.3 is 0 Å². The van der Waals surface area contributed by atoms with Gasteiger partial charge in [-0.25, -0.2) is 0 Å². The van der Waals surface area contributed by atoms with Crippen LogP contribution in [0.15, 0.2) is 33.7 Å². The Morgan fingerprint density at radius 1 is 1.38 bits per heavy atom. The molecule has 68 valence electrons. The van der Waals surface area contributed by atoms with Crippen molar-refractivity contribution >= 4 is 21.8 Å². The molecule has 1 aromatic carbocycles. The van der Waals surface area contributed by atoms with Crippen LogP contribution in [0.3, 0.4) is 0 Å². The number of hydrogen-bond acceptors (Lipinski definition) is 2. The molecule has 13 heavy (non-hydrogen) atoms. The molecule has 2 nitrogen and oxygen atoms in total. The maximum absolute atomic E-state index is 5.52. The van der Waals surface area contributed by atoms with Gasteiger partial charge in [0, 0.05) is 11.4 Å². The van der Waals surface area contributed by atoms with Crippen molar-refractivity contribution in [1.29, 1.82) is 0 Å². The topological polar surface area (TPSA) is 21.6 Å². The molecule has 1 aliphatic heterocycles. The van der Waals surface area contributed by atoms with E-state index in [1.54, 1.807) is 0 Å². The number of nitrogens with zero attached hydrogens (tertiary/aromatic N) is 1. The summed E-state index contributed by atoms with van der Waals surface area (Å²) >= 11 is 3.40. The fourth-order valence-electron chi connectivity index (χ4n) is 1.34. The summed E-state index contributed by atoms with van der Waals surface area (Å²) in [7, 11) is 0. The van der Waals surface area contributed by atoms with Gasteiger partial charge in [0.1, 0.15) is 6.10 Å². The minimum absolute atomic E-state index is 0.119. The average Bonchev–Trinajstić information content (AvgIpc) is 2.53. The normalized spacial score (nSPS) is 21.1. The molecule has 0 amide bonds. The van der Waals surface area contributed by atoms with Gasteiger partial charge in [0.15, 0.2) is 5.90 Å². The van der Waals surface area contributed by atoms with Gasteiger partial charge in [0.25, 0.3) is 0 Å². The molecule has 1 unspecified atom stereocenters. The lowest BCUT2D eigenvalue weighted by molar-refractivity contribution is 0.228. The number of aliphatic imine (C=N–C) groups is 1. The predicted molar refractivity (Wildman–Crippen MR) is 55.9 cm³/mol. The third kappa shape index (κ3) is 1.91. The Bertz CT molecular complexity index is 331. The number of hydrogen-bond donors (Lipinski definition) is 0. The minimum Gasteiger partial charge on any atom is -0.471 e. The second-order valence-electron chi connectivity index (χ2n) is 3.02. The molecule has 1 aliphatic rings. The average molecular weight is 240 g/mol. The van der Waals surface area contributed by atoms with Crippen LogP contribution in [0.5, 0.6) is 0 Å². The molecule has 0 N–H and O–H groups in total. The number of ether oxygens (including phenoxy) is 1. The lowest BCUT2D eigenvalue weighted by atomic mass is 10.1. The van der Waals surface area contributed by atoms with Gasteiger partial charge in [0.05, 0.1) is 6.54 Å². The van der Waals surface area contributed by atoms with Crippen molar-refractivity contribution in [3.8, 4) is 0 Å². The molecular formula is C10H10BrNO. The third-order valence-electron chi connectivity index (χ3n) is 2.03. The van der Waals surface area contributed by atoms with E-state index >= 15 is 0 Å². The van der Waals surface area contributed by atoms with Gasteiger partial charge in [-0.1, -0.05) is 28.1 Å². The highest BCUT2D eigenvalue weighted by atomic mass is 79.9. The molecule has 2 rings (SSSR count). The molecule has 0 aliphatic carbocycles. The second kappa shape index (κ2) is 3.50. The van der Waals surface area contributed by atoms with E-state index in [1.165, 1.54) is 5.56 Å². The first kappa shape index (κ1) is 8.75. The maximum atomic E-state index is 5.52. The Balaban J connectivity index is 2.14. The van der Waals surface area contributed by atoms with Crippen LogP contribution in [0.25, 0.3) is 0 Å². The van der Waals surface area contributed by atoms with E-state index < -0.39 is 0 Å². The zero-order chi connectivity index (χ0) is 9.26. The molecule has 0 spiro atoms. The van der Waals surface area contributed by atoms with E-state index in [0.29, 0.717) is 0 Å². The smallest absolute Gasteiger partial charge is 0.181 e. The molecule has 1 aromatic rings. The number of benzene rings is 1. The van der Waals surface area contributed by atoms with Crippen LogP contribution >= 0.6 is 15.9 Å². The Hall–Kier alpha value is -0.830. The zero-order valence-corrected chi connectivity index (χ0v) is 8.91. The van der Waals surface area contributed by atoms with Crippen molar-refractivity contribution in [2.75, 3.05) is 6.54 Å². The molecule has 1 atom stereocenters. The molecule has 0 saturated carbocycles. The predicted octanol–water partition coefficient (Wildman–Crippen LogP) is 2.94. The van der Waals surface area contributed by atoms with Crippen molar-refractivity contribution in [1.82, 2.24) is 0 Å². The van der Waals surface area contributed by atoms with Crippen LogP contribution in [-0.4, -0.2) is 12.4 Å². The van der Waals surface area contributed by atoms with Crippen LogP contribution in [0.4, 0.5) is 0 Å². The van der Waals surface area contributed by atoms with Crippen molar-refractivity contribution in [2.45, 2.75) is 13.0 Å². The van der Waals surface area contributed by atoms with Gasteiger partial charge < -0.3 is 4.74 Å². The van der Waals surface area contributed by atoms with Crippen molar-refractivity contribution in [2.24, 2.45) is 4.99 Å². The largest absolute Gasteiger partial charge is 0.471 e. The van der Waals surface area contributed by atoms with Crippen LogP contribution < -0.4 is 0 Å². The van der Waals surface area contributed by atoms with Crippen molar-refractivity contribution in [3.63, 3.8) is 0 Å². The van der Waals surface area contributed by atoms with E-state index in [0.717, 1.165) is 16.9 Å². The summed E-state index contributed by atoms with van der Waals surface area (Å²) in [5.41, 5.74) is 1.18. The van der Waals surface area contributed by atoms with E-state index in [2.05, 4.69) is 33.1 Å². The van der Waals surface area contributed by atoms with Gasteiger partial charge in [-0.3, -0.25) is 4.99 Å². The van der Waals surface area contributed by atoms with Gasteiger partial charge in [0.2, 0.25) is 0 Å². The fraction of sp³-hybridized carbons (Fsp3) is 0.300. The Kier molecular flexibility index (Phi) is 2.36. The van der Waals surface area contributed by atoms with E-state index in [1.807, 2.05) is 19.1 Å². The lowest BCUT2D eigenvalue weighted by Crippen LogP contribution is -2.02. The zero-order valence-electron chi connectivity index (χ0n) is 7.33. The van der Waals surface area contributed by atoms with Crippen molar-refractivity contribution in [3.05, 3.63) is 34.3 Å². The molecule has 0 radical (unpaired) electrons. The second-order valence-corrected chi connectivity index (χ2v) is 3.93.